The largest absolute Gasteiger partial charge is 0.368 e. The molecule has 156 valence electrons. The third-order valence-electron chi connectivity index (χ3n) is 5.36. The maximum Gasteiger partial charge on any atom is 0.190 e. The third kappa shape index (κ3) is 4.17. The van der Waals surface area contributed by atoms with E-state index in [-0.39, 0.29) is 24.4 Å². The summed E-state index contributed by atoms with van der Waals surface area (Å²) in [7, 11) is 0. The van der Waals surface area contributed by atoms with Gasteiger partial charge in [-0.25, -0.2) is 0 Å². The molecule has 0 unspecified atom stereocenters. The van der Waals surface area contributed by atoms with Crippen LogP contribution in [0.1, 0.15) is 45.7 Å². The average molecular weight is 457 g/mol. The topological polar surface area (TPSA) is 55.4 Å². The number of aryl methyl sites for hydroxylation is 1. The molecule has 3 saturated heterocycles. The highest BCUT2D eigenvalue weighted by molar-refractivity contribution is 9.10. The third-order valence-corrected chi connectivity index (χ3v) is 6.13. The second kappa shape index (κ2) is 7.61. The molecule has 6 nitrogen and oxygen atoms in total. The summed E-state index contributed by atoms with van der Waals surface area (Å²) >= 11 is 3.59. The van der Waals surface area contributed by atoms with Crippen molar-refractivity contribution in [3.63, 3.8) is 0 Å². The van der Waals surface area contributed by atoms with Gasteiger partial charge in [0.2, 0.25) is 0 Å². The summed E-state index contributed by atoms with van der Waals surface area (Å²) in [6.07, 6.45) is -0.641. The van der Waals surface area contributed by atoms with Gasteiger partial charge in [-0.1, -0.05) is 35.0 Å². The first kappa shape index (κ1) is 20.7. The number of hydrogen-bond acceptors (Lipinski definition) is 6. The molecular weight excluding hydrogens is 428 g/mol. The first-order valence-corrected chi connectivity index (χ1v) is 10.7. The van der Waals surface area contributed by atoms with E-state index in [0.29, 0.717) is 13.2 Å². The van der Waals surface area contributed by atoms with Crippen molar-refractivity contribution in [1.29, 1.82) is 0 Å². The van der Waals surface area contributed by atoms with Gasteiger partial charge in [-0.3, -0.25) is 0 Å². The summed E-state index contributed by atoms with van der Waals surface area (Å²) in [6.45, 7) is 10.7. The van der Waals surface area contributed by atoms with E-state index < -0.39 is 17.9 Å². The first-order chi connectivity index (χ1) is 13.2. The van der Waals surface area contributed by atoms with Gasteiger partial charge in [-0.05, 0) is 51.3 Å². The zero-order chi connectivity index (χ0) is 20.1. The molecule has 7 heteroatoms. The van der Waals surface area contributed by atoms with Gasteiger partial charge < -0.3 is 28.4 Å². The minimum atomic E-state index is -0.693. The summed E-state index contributed by atoms with van der Waals surface area (Å²) in [4.78, 5) is 0. The van der Waals surface area contributed by atoms with Crippen LogP contribution < -0.4 is 0 Å². The Labute approximate surface area is 174 Å². The Balaban J connectivity index is 1.50. The van der Waals surface area contributed by atoms with E-state index >= 15 is 0 Å². The van der Waals surface area contributed by atoms with E-state index in [4.69, 9.17) is 28.4 Å². The summed E-state index contributed by atoms with van der Waals surface area (Å²) in [6, 6.07) is 6.30. The molecule has 4 rings (SSSR count). The molecule has 0 N–H and O–H groups in total. The van der Waals surface area contributed by atoms with E-state index in [1.54, 1.807) is 0 Å². The van der Waals surface area contributed by atoms with Crippen molar-refractivity contribution in [3.8, 4) is 0 Å². The van der Waals surface area contributed by atoms with Crippen LogP contribution in [0.4, 0.5) is 0 Å². The Morgan fingerprint density at radius 3 is 2.54 bits per heavy atom. The molecule has 0 radical (unpaired) electrons. The smallest absolute Gasteiger partial charge is 0.190 e. The molecule has 28 heavy (non-hydrogen) atoms. The normalized spacial score (nSPS) is 36.0. The summed E-state index contributed by atoms with van der Waals surface area (Å²) in [5.74, 6) is -1.32. The molecule has 3 aliphatic heterocycles. The number of hydrogen-bond donors (Lipinski definition) is 0. The van der Waals surface area contributed by atoms with Gasteiger partial charge in [0.15, 0.2) is 17.9 Å². The molecule has 5 atom stereocenters. The highest BCUT2D eigenvalue weighted by atomic mass is 79.9. The lowest BCUT2D eigenvalue weighted by atomic mass is 10.1. The predicted octanol–water partition coefficient (Wildman–Crippen LogP) is 3.92. The standard InChI is InChI=1S/C21H29BrO6/c1-6-13-9-12(7-8-14(13)22)10-23-17-16(15-11-24-20(2,3)26-15)25-19-18(17)27-21(4,5)28-19/h7-9,15-19H,6,10-11H2,1-5H3/t15-,16-,17+,18-,19-/m1/s1. The maximum atomic E-state index is 6.35. The second-order valence-corrected chi connectivity index (χ2v) is 9.35. The lowest BCUT2D eigenvalue weighted by Gasteiger charge is -2.29. The minimum absolute atomic E-state index is 0.225. The van der Waals surface area contributed by atoms with E-state index in [1.165, 1.54) is 5.56 Å². The van der Waals surface area contributed by atoms with E-state index in [1.807, 2.05) is 27.7 Å². The van der Waals surface area contributed by atoms with Crippen LogP contribution in [0.2, 0.25) is 0 Å². The number of halogens is 1. The fourth-order valence-corrected chi connectivity index (χ4v) is 4.58. The SMILES string of the molecule is CCc1cc(CO[C@@H]2[C@H]3OC(C)(C)O[C@H]3O[C@@H]2[C@H]2COC(C)(C)O2)ccc1Br. The Morgan fingerprint density at radius 1 is 1.07 bits per heavy atom. The van der Waals surface area contributed by atoms with Crippen molar-refractivity contribution < 1.29 is 28.4 Å². The first-order valence-electron chi connectivity index (χ1n) is 9.89. The molecular formula is C21H29BrO6. The van der Waals surface area contributed by atoms with Gasteiger partial charge in [-0.15, -0.1) is 0 Å². The van der Waals surface area contributed by atoms with Crippen molar-refractivity contribution in [1.82, 2.24) is 0 Å². The molecule has 0 bridgehead atoms. The van der Waals surface area contributed by atoms with E-state index in [0.717, 1.165) is 16.5 Å². The average Bonchev–Trinajstić information content (AvgIpc) is 3.23. The fourth-order valence-electron chi connectivity index (χ4n) is 4.05. The molecule has 1 aromatic rings. The van der Waals surface area contributed by atoms with Crippen LogP contribution in [0.15, 0.2) is 22.7 Å². The van der Waals surface area contributed by atoms with Crippen LogP contribution in [0.25, 0.3) is 0 Å². The lowest BCUT2D eigenvalue weighted by molar-refractivity contribution is -0.236. The number of rotatable bonds is 5. The quantitative estimate of drug-likeness (QED) is 0.668. The van der Waals surface area contributed by atoms with Crippen LogP contribution in [-0.2, 0) is 41.4 Å². The zero-order valence-electron chi connectivity index (χ0n) is 17.1. The Kier molecular flexibility index (Phi) is 5.64. The lowest BCUT2D eigenvalue weighted by Crippen LogP contribution is -2.44. The zero-order valence-corrected chi connectivity index (χ0v) is 18.7. The van der Waals surface area contributed by atoms with Crippen LogP contribution in [0.5, 0.6) is 0 Å². The molecule has 1 aromatic carbocycles. The van der Waals surface area contributed by atoms with Crippen LogP contribution in [0.3, 0.4) is 0 Å². The Bertz CT molecular complexity index is 721. The van der Waals surface area contributed by atoms with Gasteiger partial charge in [0.05, 0.1) is 13.2 Å². The maximum absolute atomic E-state index is 6.35. The molecule has 0 spiro atoms. The second-order valence-electron chi connectivity index (χ2n) is 8.49. The van der Waals surface area contributed by atoms with E-state index in [2.05, 4.69) is 41.1 Å². The fraction of sp³-hybridized carbons (Fsp3) is 0.714. The molecule has 3 heterocycles. The predicted molar refractivity (Wildman–Crippen MR) is 106 cm³/mol. The van der Waals surface area contributed by atoms with Crippen LogP contribution in [-0.4, -0.2) is 48.9 Å². The molecule has 3 fully saturated rings. The van der Waals surface area contributed by atoms with Crippen molar-refractivity contribution in [2.45, 2.75) is 89.9 Å². The number of ether oxygens (including phenoxy) is 6. The van der Waals surface area contributed by atoms with E-state index in [9.17, 15) is 0 Å². The monoisotopic (exact) mass is 456 g/mol. The van der Waals surface area contributed by atoms with Crippen molar-refractivity contribution >= 4 is 15.9 Å². The molecule has 0 saturated carbocycles. The van der Waals surface area contributed by atoms with Gasteiger partial charge in [0, 0.05) is 4.47 Å². The Hall–Kier alpha value is -0.540. The summed E-state index contributed by atoms with van der Waals surface area (Å²) in [5.41, 5.74) is 2.37. The van der Waals surface area contributed by atoms with Crippen LogP contribution >= 0.6 is 15.9 Å². The molecule has 0 aromatic heterocycles. The van der Waals surface area contributed by atoms with Crippen LogP contribution in [0, 0.1) is 0 Å². The molecule has 3 aliphatic rings. The number of benzene rings is 1. The minimum Gasteiger partial charge on any atom is -0.368 e. The van der Waals surface area contributed by atoms with Crippen molar-refractivity contribution in [3.05, 3.63) is 33.8 Å². The number of fused-ring (bicyclic) bond motifs is 1. The summed E-state index contributed by atoms with van der Waals surface area (Å²) in [5, 5.41) is 0. The van der Waals surface area contributed by atoms with Crippen molar-refractivity contribution in [2.24, 2.45) is 0 Å². The van der Waals surface area contributed by atoms with Gasteiger partial charge >= 0.3 is 0 Å². The highest BCUT2D eigenvalue weighted by Gasteiger charge is 2.58. The highest BCUT2D eigenvalue weighted by Crippen LogP contribution is 2.42. The summed E-state index contributed by atoms with van der Waals surface area (Å²) < 4.78 is 37.4. The molecule has 0 amide bonds. The van der Waals surface area contributed by atoms with Gasteiger partial charge in [0.25, 0.3) is 0 Å². The van der Waals surface area contributed by atoms with Gasteiger partial charge in [-0.2, -0.15) is 0 Å². The van der Waals surface area contributed by atoms with Gasteiger partial charge in [0.1, 0.15) is 24.4 Å². The van der Waals surface area contributed by atoms with Crippen molar-refractivity contribution in [2.75, 3.05) is 6.61 Å². The molecule has 0 aliphatic carbocycles. The Morgan fingerprint density at radius 2 is 1.86 bits per heavy atom.